The van der Waals surface area contributed by atoms with Crippen LogP contribution in [0.4, 0.5) is 22.9 Å². The van der Waals surface area contributed by atoms with Gasteiger partial charge in [-0.3, -0.25) is 0 Å². The normalized spacial score (nSPS) is 18.0. The molecule has 0 spiro atoms. The highest BCUT2D eigenvalue weighted by molar-refractivity contribution is 7.87. The van der Waals surface area contributed by atoms with Crippen LogP contribution in [-0.4, -0.2) is 31.7 Å². The summed E-state index contributed by atoms with van der Waals surface area (Å²) in [6.07, 6.45) is -3.79. The van der Waals surface area contributed by atoms with E-state index in [-0.39, 0.29) is 36.8 Å². The summed E-state index contributed by atoms with van der Waals surface area (Å²) < 4.78 is 72.0. The van der Waals surface area contributed by atoms with Crippen LogP contribution in [0.1, 0.15) is 18.4 Å². The molecule has 1 saturated heterocycles. The third-order valence-electron chi connectivity index (χ3n) is 3.29. The van der Waals surface area contributed by atoms with E-state index in [1.165, 1.54) is 0 Å². The van der Waals surface area contributed by atoms with Gasteiger partial charge >= 0.3 is 16.4 Å². The number of piperidine rings is 1. The number of halogens is 5. The van der Waals surface area contributed by atoms with Gasteiger partial charge in [-0.2, -0.15) is 21.6 Å². The third-order valence-corrected chi connectivity index (χ3v) is 4.83. The van der Waals surface area contributed by atoms with Gasteiger partial charge in [-0.05, 0) is 18.9 Å². The lowest BCUT2D eigenvalue weighted by Crippen LogP contribution is -2.38. The molecular weight excluding hydrogens is 336 g/mol. The van der Waals surface area contributed by atoms with Gasteiger partial charge in [-0.15, -0.1) is 3.89 Å². The largest absolute Gasteiger partial charge is 0.417 e. The Hall–Kier alpha value is -1.09. The van der Waals surface area contributed by atoms with Gasteiger partial charge in [0.1, 0.15) is 5.82 Å². The number of hydrogen-bond donors (Lipinski definition) is 0. The van der Waals surface area contributed by atoms with E-state index in [4.69, 9.17) is 11.6 Å². The van der Waals surface area contributed by atoms with Crippen LogP contribution in [0.15, 0.2) is 12.3 Å². The molecule has 0 bridgehead atoms. The van der Waals surface area contributed by atoms with Crippen molar-refractivity contribution in [2.75, 3.05) is 18.0 Å². The summed E-state index contributed by atoms with van der Waals surface area (Å²) in [5.41, 5.74) is -0.961. The second kappa shape index (κ2) is 5.60. The van der Waals surface area contributed by atoms with E-state index in [0.717, 1.165) is 6.07 Å². The molecule has 2 rings (SSSR count). The first-order valence-electron chi connectivity index (χ1n) is 6.00. The van der Waals surface area contributed by atoms with E-state index < -0.39 is 27.2 Å². The van der Waals surface area contributed by atoms with Crippen LogP contribution in [0.2, 0.25) is 5.02 Å². The van der Waals surface area contributed by atoms with Gasteiger partial charge in [0.05, 0.1) is 15.8 Å². The molecule has 2 heterocycles. The Balaban J connectivity index is 2.14. The number of rotatable bonds is 2. The number of hydrogen-bond acceptors (Lipinski definition) is 4. The lowest BCUT2D eigenvalue weighted by Gasteiger charge is -2.31. The lowest BCUT2D eigenvalue weighted by molar-refractivity contribution is -0.137. The zero-order valence-corrected chi connectivity index (χ0v) is 12.1. The fourth-order valence-corrected chi connectivity index (χ4v) is 3.23. The van der Waals surface area contributed by atoms with Crippen molar-refractivity contribution >= 4 is 27.6 Å². The Morgan fingerprint density at radius 2 is 1.86 bits per heavy atom. The van der Waals surface area contributed by atoms with Crippen LogP contribution in [0.3, 0.4) is 0 Å². The molecule has 1 fully saturated rings. The van der Waals surface area contributed by atoms with E-state index in [9.17, 15) is 25.5 Å². The van der Waals surface area contributed by atoms with Gasteiger partial charge in [0.2, 0.25) is 0 Å². The number of pyridine rings is 1. The zero-order valence-electron chi connectivity index (χ0n) is 10.6. The molecule has 0 radical (unpaired) electrons. The molecule has 0 unspecified atom stereocenters. The molecule has 118 valence electrons. The number of aromatic nitrogens is 1. The van der Waals surface area contributed by atoms with Gasteiger partial charge in [0, 0.05) is 19.3 Å². The topological polar surface area (TPSA) is 50.3 Å². The van der Waals surface area contributed by atoms with Crippen molar-refractivity contribution in [3.63, 3.8) is 0 Å². The van der Waals surface area contributed by atoms with Gasteiger partial charge in [0.15, 0.2) is 0 Å². The summed E-state index contributed by atoms with van der Waals surface area (Å²) in [6, 6.07) is 0.766. The van der Waals surface area contributed by atoms with E-state index in [0.29, 0.717) is 6.20 Å². The van der Waals surface area contributed by atoms with E-state index >= 15 is 0 Å². The molecule has 21 heavy (non-hydrogen) atoms. The molecule has 0 aliphatic carbocycles. The van der Waals surface area contributed by atoms with Crippen LogP contribution >= 0.6 is 11.6 Å². The summed E-state index contributed by atoms with van der Waals surface area (Å²) in [5.74, 6) is 0.138. The molecule has 0 aromatic carbocycles. The maximum atomic E-state index is 12.9. The molecule has 1 aliphatic rings. The van der Waals surface area contributed by atoms with Crippen LogP contribution in [0, 0.1) is 0 Å². The summed E-state index contributed by atoms with van der Waals surface area (Å²) in [6.45, 7) is 0.317. The van der Waals surface area contributed by atoms with Gasteiger partial charge in [-0.1, -0.05) is 11.6 Å². The summed E-state index contributed by atoms with van der Waals surface area (Å²) >= 11 is 5.80. The molecule has 4 nitrogen and oxygen atoms in total. The molecule has 1 aromatic heterocycles. The predicted molar refractivity (Wildman–Crippen MR) is 69.5 cm³/mol. The van der Waals surface area contributed by atoms with Gasteiger partial charge in [-0.25, -0.2) is 4.98 Å². The fraction of sp³-hybridized carbons (Fsp3) is 0.545. The SMILES string of the molecule is O=S(=O)(F)C1CCN(c2ncc(C(F)(F)F)cc2Cl)CC1. The first kappa shape index (κ1) is 16.3. The second-order valence-electron chi connectivity index (χ2n) is 4.69. The number of nitrogens with zero attached hydrogens (tertiary/aromatic N) is 2. The van der Waals surface area contributed by atoms with E-state index in [1.807, 2.05) is 0 Å². The molecular formula is C11H11ClF4N2O2S. The fourth-order valence-electron chi connectivity index (χ4n) is 2.17. The molecule has 1 aromatic rings. The first-order valence-corrected chi connectivity index (χ1v) is 7.82. The number of anilines is 1. The Morgan fingerprint density at radius 3 is 2.29 bits per heavy atom. The van der Waals surface area contributed by atoms with Crippen molar-refractivity contribution in [3.8, 4) is 0 Å². The third kappa shape index (κ3) is 3.76. The van der Waals surface area contributed by atoms with E-state index in [1.54, 1.807) is 4.90 Å². The van der Waals surface area contributed by atoms with Gasteiger partial charge < -0.3 is 4.90 Å². The van der Waals surface area contributed by atoms with Crippen molar-refractivity contribution in [1.29, 1.82) is 0 Å². The molecule has 0 N–H and O–H groups in total. The highest BCUT2D eigenvalue weighted by Crippen LogP contribution is 2.34. The summed E-state index contributed by atoms with van der Waals surface area (Å²) in [5, 5.41) is -1.26. The molecule has 0 atom stereocenters. The average Bonchev–Trinajstić information content (AvgIpc) is 2.36. The van der Waals surface area contributed by atoms with Gasteiger partial charge in [0.25, 0.3) is 0 Å². The van der Waals surface area contributed by atoms with Crippen molar-refractivity contribution in [1.82, 2.24) is 4.98 Å². The smallest absolute Gasteiger partial charge is 0.355 e. The molecule has 0 saturated carbocycles. The summed E-state index contributed by atoms with van der Waals surface area (Å²) in [7, 11) is -4.60. The van der Waals surface area contributed by atoms with Crippen molar-refractivity contribution in [2.45, 2.75) is 24.3 Å². The highest BCUT2D eigenvalue weighted by atomic mass is 35.5. The standard InChI is InChI=1S/C11H11ClF4N2O2S/c12-9-5-7(11(13,14)15)6-17-10(9)18-3-1-8(2-4-18)21(16,19)20/h5-6,8H,1-4H2. The monoisotopic (exact) mass is 346 g/mol. The number of alkyl halides is 3. The minimum atomic E-state index is -4.60. The average molecular weight is 347 g/mol. The predicted octanol–water partition coefficient (Wildman–Crippen LogP) is 3.02. The lowest BCUT2D eigenvalue weighted by atomic mass is 10.1. The van der Waals surface area contributed by atoms with Crippen molar-refractivity contribution in [3.05, 3.63) is 22.8 Å². The van der Waals surface area contributed by atoms with Crippen molar-refractivity contribution < 1.29 is 25.5 Å². The quantitative estimate of drug-likeness (QED) is 0.610. The van der Waals surface area contributed by atoms with E-state index in [2.05, 4.69) is 4.98 Å². The Labute approximate surface area is 123 Å². The summed E-state index contributed by atoms with van der Waals surface area (Å²) in [4.78, 5) is 5.23. The van der Waals surface area contributed by atoms with Crippen LogP contribution < -0.4 is 4.90 Å². The van der Waals surface area contributed by atoms with Crippen LogP contribution in [-0.2, 0) is 16.4 Å². The molecule has 0 amide bonds. The minimum Gasteiger partial charge on any atom is -0.355 e. The zero-order chi connectivity index (χ0) is 15.8. The first-order chi connectivity index (χ1) is 9.59. The maximum Gasteiger partial charge on any atom is 0.417 e. The molecule has 10 heteroatoms. The van der Waals surface area contributed by atoms with Crippen molar-refractivity contribution in [2.24, 2.45) is 0 Å². The second-order valence-corrected chi connectivity index (χ2v) is 6.71. The maximum absolute atomic E-state index is 12.9. The van der Waals surface area contributed by atoms with Crippen LogP contribution in [0.5, 0.6) is 0 Å². The molecule has 1 aliphatic heterocycles. The van der Waals surface area contributed by atoms with Crippen LogP contribution in [0.25, 0.3) is 0 Å². The highest BCUT2D eigenvalue weighted by Gasteiger charge is 2.33. The Morgan fingerprint density at radius 1 is 1.29 bits per heavy atom. The Bertz CT molecular complexity index is 628. The Kier molecular flexibility index (Phi) is 4.34. The minimum absolute atomic E-state index is 0.0395.